The molecule has 3 aromatic rings. The van der Waals surface area contributed by atoms with Crippen LogP contribution in [-0.4, -0.2) is 35.2 Å². The molecule has 2 N–H and O–H groups in total. The third-order valence-electron chi connectivity index (χ3n) is 7.67. The summed E-state index contributed by atoms with van der Waals surface area (Å²) < 4.78 is 0. The van der Waals surface area contributed by atoms with E-state index in [1.807, 2.05) is 67.7 Å². The smallest absolute Gasteiger partial charge is 0.131 e. The second kappa shape index (κ2) is 12.6. The molecular formula is C32H36N2O3. The number of aromatic nitrogens is 1. The Morgan fingerprint density at radius 1 is 1.22 bits per heavy atom. The third-order valence-corrected chi connectivity index (χ3v) is 7.67. The number of nitrogens with zero attached hydrogens (tertiary/aromatic N) is 1. The number of quaternary nitrogens is 1. The number of fused-ring (bicyclic) bond motifs is 4. The molecule has 2 aromatic carbocycles. The van der Waals surface area contributed by atoms with E-state index in [4.69, 9.17) is 0 Å². The normalized spacial score (nSPS) is 22.8. The van der Waals surface area contributed by atoms with Crippen LogP contribution in [-0.2, 0) is 4.79 Å². The predicted octanol–water partition coefficient (Wildman–Crippen LogP) is 3.52. The Morgan fingerprint density at radius 3 is 2.65 bits per heavy atom. The van der Waals surface area contributed by atoms with Crippen LogP contribution in [0.5, 0.6) is 0 Å². The highest BCUT2D eigenvalue weighted by atomic mass is 16.4. The maximum absolute atomic E-state index is 11.0. The van der Waals surface area contributed by atoms with Gasteiger partial charge in [-0.25, -0.2) is 0 Å². The van der Waals surface area contributed by atoms with E-state index < -0.39 is 12.1 Å². The molecule has 0 radical (unpaired) electrons. The lowest BCUT2D eigenvalue weighted by atomic mass is 9.73. The monoisotopic (exact) mass is 496 g/mol. The third kappa shape index (κ3) is 6.44. The van der Waals surface area contributed by atoms with Crippen LogP contribution in [0, 0.1) is 11.8 Å². The molecule has 0 spiro atoms. The Labute approximate surface area is 219 Å². The lowest BCUT2D eigenvalue weighted by Gasteiger charge is -2.47. The molecule has 3 aliphatic heterocycles. The van der Waals surface area contributed by atoms with Crippen molar-refractivity contribution in [1.29, 1.82) is 0 Å². The van der Waals surface area contributed by atoms with Crippen molar-refractivity contribution in [2.75, 3.05) is 13.1 Å². The van der Waals surface area contributed by atoms with Crippen molar-refractivity contribution in [3.8, 4) is 0 Å². The maximum Gasteiger partial charge on any atom is 0.131 e. The number of rotatable bonds is 7. The number of carbonyl (C=O) groups is 1. The van der Waals surface area contributed by atoms with Crippen molar-refractivity contribution >= 4 is 22.9 Å². The van der Waals surface area contributed by atoms with Crippen molar-refractivity contribution in [3.63, 3.8) is 0 Å². The number of carboxylic acids is 1. The molecule has 5 nitrogen and oxygen atoms in total. The largest absolute Gasteiger partial charge is 0.544 e. The van der Waals surface area contributed by atoms with Crippen LogP contribution < -0.4 is 10.0 Å². The SMILES string of the molecule is C=C[C@H]1C[NH+]2CC[C@H]1C[C@H]2[C@H](O)c1ccnc2ccccc12.CCCC(=C=Cc1ccccc1)C(=O)[O-]. The van der Waals surface area contributed by atoms with Crippen LogP contribution in [0.2, 0.25) is 0 Å². The van der Waals surface area contributed by atoms with E-state index in [2.05, 4.69) is 29.4 Å². The highest BCUT2D eigenvalue weighted by molar-refractivity contribution is 5.85. The Bertz CT molecular complexity index is 1270. The van der Waals surface area contributed by atoms with Crippen molar-refractivity contribution < 1.29 is 19.9 Å². The number of aliphatic carboxylic acids is 1. The zero-order valence-corrected chi connectivity index (χ0v) is 21.5. The molecule has 0 amide bonds. The number of piperidine rings is 3. The maximum atomic E-state index is 11.0. The van der Waals surface area contributed by atoms with Gasteiger partial charge in [-0.2, -0.15) is 0 Å². The lowest BCUT2D eigenvalue weighted by Crippen LogP contribution is -3.20. The summed E-state index contributed by atoms with van der Waals surface area (Å²) >= 11 is 0. The van der Waals surface area contributed by atoms with Crippen molar-refractivity contribution in [3.05, 3.63) is 102 Å². The summed E-state index contributed by atoms with van der Waals surface area (Å²) in [4.78, 5) is 16.6. The highest BCUT2D eigenvalue weighted by Gasteiger charge is 2.45. The molecule has 5 heteroatoms. The average molecular weight is 497 g/mol. The molecule has 5 atom stereocenters. The number of hydrogen-bond donors (Lipinski definition) is 2. The van der Waals surface area contributed by atoms with E-state index in [1.54, 1.807) is 11.0 Å². The number of carboxylic acid groups (broad SMARTS) is 1. The summed E-state index contributed by atoms with van der Waals surface area (Å²) in [5.41, 5.74) is 5.93. The number of benzene rings is 2. The second-order valence-electron chi connectivity index (χ2n) is 9.98. The van der Waals surface area contributed by atoms with Gasteiger partial charge in [-0.15, -0.1) is 12.3 Å². The zero-order valence-electron chi connectivity index (χ0n) is 21.5. The molecule has 3 aliphatic rings. The van der Waals surface area contributed by atoms with Gasteiger partial charge in [-0.05, 0) is 41.7 Å². The summed E-state index contributed by atoms with van der Waals surface area (Å²) in [6.45, 7) is 8.22. The number of carbonyl (C=O) groups excluding carboxylic acids is 1. The molecule has 37 heavy (non-hydrogen) atoms. The van der Waals surface area contributed by atoms with Crippen LogP contribution in [0.1, 0.15) is 49.8 Å². The quantitative estimate of drug-likeness (QED) is 0.298. The first-order chi connectivity index (χ1) is 18.0. The first-order valence-corrected chi connectivity index (χ1v) is 13.2. The van der Waals surface area contributed by atoms with Gasteiger partial charge in [0.05, 0.1) is 24.6 Å². The number of aliphatic hydroxyl groups excluding tert-OH is 1. The molecule has 1 aromatic heterocycles. The molecule has 3 fully saturated rings. The minimum atomic E-state index is -1.14. The first-order valence-electron chi connectivity index (χ1n) is 13.2. The van der Waals surface area contributed by atoms with Gasteiger partial charge < -0.3 is 19.9 Å². The fourth-order valence-electron chi connectivity index (χ4n) is 5.70. The Balaban J connectivity index is 0.000000188. The van der Waals surface area contributed by atoms with E-state index in [9.17, 15) is 15.0 Å². The van der Waals surface area contributed by atoms with Gasteiger partial charge in [-0.3, -0.25) is 4.98 Å². The van der Waals surface area contributed by atoms with Gasteiger partial charge in [0.25, 0.3) is 0 Å². The minimum absolute atomic E-state index is 0.223. The summed E-state index contributed by atoms with van der Waals surface area (Å²) in [6.07, 6.45) is 8.84. The number of nitrogens with one attached hydrogen (secondary N) is 1. The molecular weight excluding hydrogens is 460 g/mol. The molecule has 2 bridgehead atoms. The van der Waals surface area contributed by atoms with E-state index >= 15 is 0 Å². The number of hydrogen-bond acceptors (Lipinski definition) is 4. The lowest BCUT2D eigenvalue weighted by molar-refractivity contribution is -0.949. The Morgan fingerprint density at radius 2 is 1.97 bits per heavy atom. The van der Waals surface area contributed by atoms with Gasteiger partial charge in [0.2, 0.25) is 0 Å². The van der Waals surface area contributed by atoms with E-state index in [0.29, 0.717) is 24.3 Å². The summed E-state index contributed by atoms with van der Waals surface area (Å²) in [7, 11) is 0. The number of para-hydroxylation sites is 1. The molecule has 3 saturated heterocycles. The van der Waals surface area contributed by atoms with Crippen LogP contribution in [0.4, 0.5) is 0 Å². The number of pyridine rings is 1. The summed E-state index contributed by atoms with van der Waals surface area (Å²) in [6, 6.07) is 19.9. The molecule has 1 unspecified atom stereocenters. The van der Waals surface area contributed by atoms with Gasteiger partial charge in [0, 0.05) is 35.9 Å². The van der Waals surface area contributed by atoms with Crippen LogP contribution in [0.3, 0.4) is 0 Å². The standard InChI is InChI=1S/C19H22N2O.C13H14O2/c1-2-13-12-21-10-8-14(13)11-18(21)19(22)16-7-9-20-17-6-4-3-5-15(16)17;1-2-6-12(13(14)15)10-9-11-7-4-3-5-8-11/h2-7,9,13-14,18-19,22H,1,8,10-12H2;3-5,7-9H,2,6H2,1H3,(H,14,15)/t13-,14-,18-,19+;/m0./s1. The van der Waals surface area contributed by atoms with Gasteiger partial charge >= 0.3 is 0 Å². The van der Waals surface area contributed by atoms with Crippen molar-refractivity contribution in [2.24, 2.45) is 11.8 Å². The first kappa shape index (κ1) is 26.6. The van der Waals surface area contributed by atoms with Crippen LogP contribution in [0.25, 0.3) is 17.0 Å². The van der Waals surface area contributed by atoms with Crippen LogP contribution in [0.15, 0.2) is 90.8 Å². The van der Waals surface area contributed by atoms with Gasteiger partial charge in [0.15, 0.2) is 0 Å². The second-order valence-corrected chi connectivity index (χ2v) is 9.98. The highest BCUT2D eigenvalue weighted by Crippen LogP contribution is 2.33. The summed E-state index contributed by atoms with van der Waals surface area (Å²) in [5.74, 6) is 0.188. The fourth-order valence-corrected chi connectivity index (χ4v) is 5.70. The van der Waals surface area contributed by atoms with Crippen molar-refractivity contribution in [2.45, 2.75) is 44.8 Å². The molecule has 192 valence electrons. The topological polar surface area (TPSA) is 77.7 Å². The molecule has 4 heterocycles. The Kier molecular flexibility index (Phi) is 9.08. The zero-order chi connectivity index (χ0) is 26.2. The van der Waals surface area contributed by atoms with Gasteiger partial charge in [0.1, 0.15) is 12.1 Å². The average Bonchev–Trinajstić information content (AvgIpc) is 2.95. The number of aliphatic hydroxyl groups is 1. The van der Waals surface area contributed by atoms with E-state index in [-0.39, 0.29) is 5.57 Å². The van der Waals surface area contributed by atoms with Gasteiger partial charge in [-0.1, -0.05) is 68.0 Å². The van der Waals surface area contributed by atoms with Crippen LogP contribution >= 0.6 is 0 Å². The van der Waals surface area contributed by atoms with E-state index in [0.717, 1.165) is 41.4 Å². The summed E-state index contributed by atoms with van der Waals surface area (Å²) in [5, 5.41) is 22.8. The molecule has 0 saturated carbocycles. The fraction of sp³-hybridized carbons (Fsp3) is 0.344. The molecule has 0 aliphatic carbocycles. The van der Waals surface area contributed by atoms with Crippen molar-refractivity contribution in [1.82, 2.24) is 4.98 Å². The van der Waals surface area contributed by atoms with E-state index in [1.165, 1.54) is 13.0 Å². The predicted molar refractivity (Wildman–Crippen MR) is 145 cm³/mol. The molecule has 6 rings (SSSR count). The minimum Gasteiger partial charge on any atom is -0.544 e. The Hall–Kier alpha value is -3.50.